The summed E-state index contributed by atoms with van der Waals surface area (Å²) in [6.07, 6.45) is 9.30. The number of aliphatic hydroxyl groups excluding tert-OH is 1. The van der Waals surface area contributed by atoms with Gasteiger partial charge in [0.05, 0.1) is 0 Å². The number of terminal acetylenes is 1. The Morgan fingerprint density at radius 3 is 2.36 bits per heavy atom. The largest absolute Gasteiger partial charge is 0.380 e. The fourth-order valence-corrected chi connectivity index (χ4v) is 1.74. The number of aliphatic hydroxyl groups is 1. The number of hydrogen-bond acceptors (Lipinski definition) is 1. The highest BCUT2D eigenvalue weighted by atomic mass is 16.3. The maximum atomic E-state index is 9.33. The number of rotatable bonds is 1. The second-order valence-corrected chi connectivity index (χ2v) is 3.63. The van der Waals surface area contributed by atoms with Crippen LogP contribution < -0.4 is 0 Å². The third kappa shape index (κ3) is 2.24. The van der Waals surface area contributed by atoms with Crippen LogP contribution in [0.1, 0.15) is 32.6 Å². The molecule has 0 amide bonds. The molecule has 0 aromatic rings. The van der Waals surface area contributed by atoms with Crippen molar-refractivity contribution in [2.45, 2.75) is 38.7 Å². The van der Waals surface area contributed by atoms with Crippen LogP contribution in [0.15, 0.2) is 0 Å². The Kier molecular flexibility index (Phi) is 2.96. The summed E-state index contributed by atoms with van der Waals surface area (Å²) in [5.74, 6) is 3.61. The topological polar surface area (TPSA) is 20.2 Å². The van der Waals surface area contributed by atoms with Gasteiger partial charge in [-0.1, -0.05) is 25.7 Å². The molecule has 1 atom stereocenters. The van der Waals surface area contributed by atoms with Crippen LogP contribution in [-0.2, 0) is 0 Å². The van der Waals surface area contributed by atoms with Gasteiger partial charge in [-0.15, -0.1) is 6.42 Å². The lowest BCUT2D eigenvalue weighted by atomic mass is 9.80. The molecule has 0 spiro atoms. The minimum atomic E-state index is -0.498. The van der Waals surface area contributed by atoms with Crippen molar-refractivity contribution < 1.29 is 5.11 Å². The molecular weight excluding hydrogens is 136 g/mol. The minimum Gasteiger partial charge on any atom is -0.380 e. The second-order valence-electron chi connectivity index (χ2n) is 3.63. The highest BCUT2D eigenvalue weighted by Crippen LogP contribution is 2.29. The lowest BCUT2D eigenvalue weighted by molar-refractivity contribution is 0.120. The molecule has 0 radical (unpaired) electrons. The Bertz CT molecular complexity index is 149. The summed E-state index contributed by atoms with van der Waals surface area (Å²) < 4.78 is 0. The SMILES string of the molecule is C#C[C@H](O)C1CCC(C)CC1. The quantitative estimate of drug-likeness (QED) is 0.568. The van der Waals surface area contributed by atoms with Crippen LogP contribution in [0, 0.1) is 24.2 Å². The fourth-order valence-electron chi connectivity index (χ4n) is 1.74. The third-order valence-electron chi connectivity index (χ3n) is 2.68. The molecule has 1 heteroatoms. The van der Waals surface area contributed by atoms with Gasteiger partial charge in [0.15, 0.2) is 0 Å². The molecule has 62 valence electrons. The molecule has 0 heterocycles. The van der Waals surface area contributed by atoms with Crippen molar-refractivity contribution in [2.75, 3.05) is 0 Å². The molecular formula is C10H16O. The molecule has 0 aliphatic heterocycles. The van der Waals surface area contributed by atoms with Crippen LogP contribution in [0.25, 0.3) is 0 Å². The molecule has 0 aromatic heterocycles. The first-order valence-electron chi connectivity index (χ1n) is 4.38. The standard InChI is InChI=1S/C10H16O/c1-3-10(11)9-6-4-8(2)5-7-9/h1,8-11H,4-7H2,2H3/t8?,9?,10-/m0/s1. The van der Waals surface area contributed by atoms with Crippen molar-refractivity contribution in [3.8, 4) is 12.3 Å². The molecule has 0 unspecified atom stereocenters. The molecule has 1 aliphatic rings. The Balaban J connectivity index is 2.34. The van der Waals surface area contributed by atoms with E-state index in [0.717, 1.165) is 18.8 Å². The van der Waals surface area contributed by atoms with E-state index >= 15 is 0 Å². The van der Waals surface area contributed by atoms with E-state index in [1.165, 1.54) is 12.8 Å². The van der Waals surface area contributed by atoms with E-state index in [1.54, 1.807) is 0 Å². The van der Waals surface area contributed by atoms with Gasteiger partial charge in [0.25, 0.3) is 0 Å². The molecule has 0 saturated heterocycles. The summed E-state index contributed by atoms with van der Waals surface area (Å²) in [5.41, 5.74) is 0. The Labute approximate surface area is 68.8 Å². The van der Waals surface area contributed by atoms with Gasteiger partial charge in [-0.2, -0.15) is 0 Å². The van der Waals surface area contributed by atoms with Crippen LogP contribution >= 0.6 is 0 Å². The second kappa shape index (κ2) is 3.78. The lowest BCUT2D eigenvalue weighted by Gasteiger charge is -2.27. The van der Waals surface area contributed by atoms with Crippen LogP contribution in [0.5, 0.6) is 0 Å². The van der Waals surface area contributed by atoms with Gasteiger partial charge in [0, 0.05) is 0 Å². The predicted molar refractivity (Wildman–Crippen MR) is 46.0 cm³/mol. The normalized spacial score (nSPS) is 34.3. The first-order valence-corrected chi connectivity index (χ1v) is 4.38. The van der Waals surface area contributed by atoms with Crippen LogP contribution in [-0.4, -0.2) is 11.2 Å². The predicted octanol–water partition coefficient (Wildman–Crippen LogP) is 1.81. The molecule has 1 aliphatic carbocycles. The average Bonchev–Trinajstić information content (AvgIpc) is 2.05. The van der Waals surface area contributed by atoms with E-state index in [2.05, 4.69) is 12.8 Å². The van der Waals surface area contributed by atoms with Crippen molar-refractivity contribution in [1.29, 1.82) is 0 Å². The van der Waals surface area contributed by atoms with Gasteiger partial charge in [-0.25, -0.2) is 0 Å². The maximum Gasteiger partial charge on any atom is 0.117 e. The van der Waals surface area contributed by atoms with E-state index in [4.69, 9.17) is 6.42 Å². The minimum absolute atomic E-state index is 0.371. The van der Waals surface area contributed by atoms with Gasteiger partial charge in [-0.3, -0.25) is 0 Å². The highest BCUT2D eigenvalue weighted by Gasteiger charge is 2.22. The zero-order chi connectivity index (χ0) is 8.27. The van der Waals surface area contributed by atoms with E-state index < -0.39 is 6.10 Å². The van der Waals surface area contributed by atoms with E-state index in [9.17, 15) is 5.11 Å². The Morgan fingerprint density at radius 1 is 1.36 bits per heavy atom. The van der Waals surface area contributed by atoms with Gasteiger partial charge < -0.3 is 5.11 Å². The zero-order valence-corrected chi connectivity index (χ0v) is 7.09. The van der Waals surface area contributed by atoms with E-state index in [0.29, 0.717) is 5.92 Å². The van der Waals surface area contributed by atoms with Gasteiger partial charge in [0.1, 0.15) is 6.10 Å². The first kappa shape index (κ1) is 8.62. The monoisotopic (exact) mass is 152 g/mol. The average molecular weight is 152 g/mol. The highest BCUT2D eigenvalue weighted by molar-refractivity contribution is 4.97. The Hall–Kier alpha value is -0.480. The zero-order valence-electron chi connectivity index (χ0n) is 7.09. The van der Waals surface area contributed by atoms with Gasteiger partial charge in [0.2, 0.25) is 0 Å². The molecule has 0 aromatic carbocycles. The molecule has 11 heavy (non-hydrogen) atoms. The smallest absolute Gasteiger partial charge is 0.117 e. The summed E-state index contributed by atoms with van der Waals surface area (Å²) in [6, 6.07) is 0. The van der Waals surface area contributed by atoms with Gasteiger partial charge in [-0.05, 0) is 24.7 Å². The Morgan fingerprint density at radius 2 is 1.91 bits per heavy atom. The van der Waals surface area contributed by atoms with E-state index in [-0.39, 0.29) is 0 Å². The van der Waals surface area contributed by atoms with Crippen molar-refractivity contribution in [1.82, 2.24) is 0 Å². The summed E-state index contributed by atoms with van der Waals surface area (Å²) in [4.78, 5) is 0. The van der Waals surface area contributed by atoms with Crippen molar-refractivity contribution in [3.63, 3.8) is 0 Å². The molecule has 1 nitrogen and oxygen atoms in total. The summed E-state index contributed by atoms with van der Waals surface area (Å²) >= 11 is 0. The lowest BCUT2D eigenvalue weighted by Crippen LogP contribution is -2.23. The summed E-state index contributed by atoms with van der Waals surface area (Å²) in [5, 5.41) is 9.33. The van der Waals surface area contributed by atoms with Crippen molar-refractivity contribution in [3.05, 3.63) is 0 Å². The molecule has 1 fully saturated rings. The summed E-state index contributed by atoms with van der Waals surface area (Å²) in [7, 11) is 0. The van der Waals surface area contributed by atoms with Crippen molar-refractivity contribution in [2.24, 2.45) is 11.8 Å². The van der Waals surface area contributed by atoms with E-state index in [1.807, 2.05) is 0 Å². The fraction of sp³-hybridized carbons (Fsp3) is 0.800. The van der Waals surface area contributed by atoms with Gasteiger partial charge >= 0.3 is 0 Å². The molecule has 1 rings (SSSR count). The van der Waals surface area contributed by atoms with Crippen molar-refractivity contribution >= 4 is 0 Å². The third-order valence-corrected chi connectivity index (χ3v) is 2.68. The summed E-state index contributed by atoms with van der Waals surface area (Å²) in [6.45, 7) is 2.26. The molecule has 1 N–H and O–H groups in total. The molecule has 0 bridgehead atoms. The maximum absolute atomic E-state index is 9.33. The van der Waals surface area contributed by atoms with Crippen LogP contribution in [0.4, 0.5) is 0 Å². The number of hydrogen-bond donors (Lipinski definition) is 1. The first-order chi connectivity index (χ1) is 5.24. The van der Waals surface area contributed by atoms with Crippen LogP contribution in [0.2, 0.25) is 0 Å². The van der Waals surface area contributed by atoms with Crippen LogP contribution in [0.3, 0.4) is 0 Å². The molecule has 1 saturated carbocycles.